The standard InChI is InChI=1S/C10H21/c1-8(2)6-7-10(5)9(3)4/h6,8-10H,7H2,1-5H3. The molecule has 0 saturated heterocycles. The van der Waals surface area contributed by atoms with Crippen molar-refractivity contribution in [3.63, 3.8) is 0 Å². The van der Waals surface area contributed by atoms with Gasteiger partial charge in [0.2, 0.25) is 0 Å². The minimum Gasteiger partial charge on any atom is -0.0625 e. The Labute approximate surface area is 66.0 Å². The molecule has 0 saturated carbocycles. The van der Waals surface area contributed by atoms with Crippen molar-refractivity contribution < 1.29 is 0 Å². The van der Waals surface area contributed by atoms with E-state index in [4.69, 9.17) is 0 Å². The molecule has 1 radical (unpaired) electrons. The van der Waals surface area contributed by atoms with Crippen LogP contribution in [0.15, 0.2) is 0 Å². The van der Waals surface area contributed by atoms with Crippen LogP contribution in [0.2, 0.25) is 0 Å². The molecule has 0 aliphatic heterocycles. The predicted molar refractivity (Wildman–Crippen MR) is 47.8 cm³/mol. The van der Waals surface area contributed by atoms with Crippen LogP contribution in [0.5, 0.6) is 0 Å². The first-order valence-corrected chi connectivity index (χ1v) is 4.37. The molecule has 61 valence electrons. The Hall–Kier alpha value is 0. The zero-order valence-electron chi connectivity index (χ0n) is 8.02. The lowest BCUT2D eigenvalue weighted by molar-refractivity contribution is 0.401. The summed E-state index contributed by atoms with van der Waals surface area (Å²) in [6.07, 6.45) is 3.68. The van der Waals surface area contributed by atoms with Gasteiger partial charge < -0.3 is 0 Å². The minimum atomic E-state index is 0.751. The first-order valence-electron chi connectivity index (χ1n) is 4.37. The highest BCUT2D eigenvalue weighted by molar-refractivity contribution is 4.73. The Morgan fingerprint density at radius 2 is 1.50 bits per heavy atom. The molecule has 0 amide bonds. The molecule has 1 unspecified atom stereocenters. The second-order valence-corrected chi connectivity index (χ2v) is 3.94. The second-order valence-electron chi connectivity index (χ2n) is 3.94. The number of hydrogen-bond donors (Lipinski definition) is 0. The molecule has 0 rings (SSSR count). The Morgan fingerprint density at radius 3 is 1.80 bits per heavy atom. The quantitative estimate of drug-likeness (QED) is 0.562. The molecule has 0 aliphatic carbocycles. The monoisotopic (exact) mass is 141 g/mol. The maximum Gasteiger partial charge on any atom is -0.0358 e. The molecule has 1 atom stereocenters. The second kappa shape index (κ2) is 4.76. The Morgan fingerprint density at radius 1 is 1.00 bits per heavy atom. The third-order valence-electron chi connectivity index (χ3n) is 2.12. The van der Waals surface area contributed by atoms with Crippen molar-refractivity contribution in [1.82, 2.24) is 0 Å². The smallest absolute Gasteiger partial charge is 0.0358 e. The summed E-state index contributed by atoms with van der Waals surface area (Å²) in [5.74, 6) is 2.43. The van der Waals surface area contributed by atoms with Crippen molar-refractivity contribution >= 4 is 0 Å². The molecule has 0 aromatic rings. The van der Waals surface area contributed by atoms with Crippen molar-refractivity contribution in [2.45, 2.75) is 41.0 Å². The van der Waals surface area contributed by atoms with Gasteiger partial charge in [0.1, 0.15) is 0 Å². The van der Waals surface area contributed by atoms with E-state index >= 15 is 0 Å². The van der Waals surface area contributed by atoms with Gasteiger partial charge in [0, 0.05) is 0 Å². The van der Waals surface area contributed by atoms with Crippen LogP contribution in [0, 0.1) is 24.2 Å². The SMILES string of the molecule is CC(C)[CH]CC(C)C(C)C. The van der Waals surface area contributed by atoms with Gasteiger partial charge in [-0.25, -0.2) is 0 Å². The van der Waals surface area contributed by atoms with Gasteiger partial charge in [0.25, 0.3) is 0 Å². The van der Waals surface area contributed by atoms with Crippen LogP contribution in [0.25, 0.3) is 0 Å². The molecule has 0 aromatic carbocycles. The van der Waals surface area contributed by atoms with Gasteiger partial charge in [0.05, 0.1) is 0 Å². The van der Waals surface area contributed by atoms with Gasteiger partial charge in [0.15, 0.2) is 0 Å². The van der Waals surface area contributed by atoms with Crippen LogP contribution in [0.1, 0.15) is 41.0 Å². The highest BCUT2D eigenvalue weighted by atomic mass is 14.1. The van der Waals surface area contributed by atoms with Crippen LogP contribution in [-0.4, -0.2) is 0 Å². The largest absolute Gasteiger partial charge is 0.0625 e. The molecule has 0 nitrogen and oxygen atoms in total. The summed E-state index contributed by atoms with van der Waals surface area (Å²) >= 11 is 0. The van der Waals surface area contributed by atoms with Crippen LogP contribution < -0.4 is 0 Å². The third-order valence-corrected chi connectivity index (χ3v) is 2.12. The normalized spacial score (nSPS) is 14.7. The molecule has 0 heterocycles. The summed E-state index contributed by atoms with van der Waals surface area (Å²) in [5.41, 5.74) is 0. The first kappa shape index (κ1) is 10.0. The molecule has 0 N–H and O–H groups in total. The van der Waals surface area contributed by atoms with Crippen LogP contribution in [0.3, 0.4) is 0 Å². The van der Waals surface area contributed by atoms with Crippen molar-refractivity contribution in [3.8, 4) is 0 Å². The highest BCUT2D eigenvalue weighted by Crippen LogP contribution is 2.17. The summed E-state index contributed by atoms with van der Waals surface area (Å²) < 4.78 is 0. The molecule has 0 spiro atoms. The van der Waals surface area contributed by atoms with Crippen LogP contribution >= 0.6 is 0 Å². The fraction of sp³-hybridized carbons (Fsp3) is 0.900. The van der Waals surface area contributed by atoms with E-state index in [1.807, 2.05) is 0 Å². The van der Waals surface area contributed by atoms with Crippen molar-refractivity contribution in [2.75, 3.05) is 0 Å². The van der Waals surface area contributed by atoms with E-state index in [0.717, 1.165) is 17.8 Å². The first-order chi connectivity index (χ1) is 4.54. The summed E-state index contributed by atoms with van der Waals surface area (Å²) in [5, 5.41) is 0. The predicted octanol–water partition coefficient (Wildman–Crippen LogP) is 3.53. The molecule has 0 heteroatoms. The zero-order valence-corrected chi connectivity index (χ0v) is 8.02. The fourth-order valence-corrected chi connectivity index (χ4v) is 0.759. The summed E-state index contributed by atoms with van der Waals surface area (Å²) in [4.78, 5) is 0. The molecular weight excluding hydrogens is 120 g/mol. The third kappa shape index (κ3) is 4.84. The van der Waals surface area contributed by atoms with Crippen molar-refractivity contribution in [2.24, 2.45) is 17.8 Å². The fourth-order valence-electron chi connectivity index (χ4n) is 0.759. The maximum absolute atomic E-state index is 2.41. The Bertz CT molecular complexity index is 72.1. The van der Waals surface area contributed by atoms with E-state index < -0.39 is 0 Å². The average molecular weight is 141 g/mol. The summed E-state index contributed by atoms with van der Waals surface area (Å²) in [7, 11) is 0. The molecular formula is C10H21. The van der Waals surface area contributed by atoms with E-state index in [1.54, 1.807) is 0 Å². The number of hydrogen-bond acceptors (Lipinski definition) is 0. The van der Waals surface area contributed by atoms with Crippen molar-refractivity contribution in [3.05, 3.63) is 6.42 Å². The topological polar surface area (TPSA) is 0 Å². The van der Waals surface area contributed by atoms with Gasteiger partial charge >= 0.3 is 0 Å². The van der Waals surface area contributed by atoms with E-state index in [2.05, 4.69) is 41.0 Å². The van der Waals surface area contributed by atoms with Gasteiger partial charge in [-0.2, -0.15) is 0 Å². The lowest BCUT2D eigenvalue weighted by Crippen LogP contribution is -2.05. The summed E-state index contributed by atoms with van der Waals surface area (Å²) in [6, 6.07) is 0. The Kier molecular flexibility index (Phi) is 4.76. The molecule has 0 bridgehead atoms. The van der Waals surface area contributed by atoms with E-state index in [-0.39, 0.29) is 0 Å². The maximum atomic E-state index is 2.41. The lowest BCUT2D eigenvalue weighted by Gasteiger charge is -2.15. The van der Waals surface area contributed by atoms with E-state index in [1.165, 1.54) is 6.42 Å². The molecule has 0 aromatic heterocycles. The van der Waals surface area contributed by atoms with E-state index in [9.17, 15) is 0 Å². The van der Waals surface area contributed by atoms with Crippen LogP contribution in [0.4, 0.5) is 0 Å². The highest BCUT2D eigenvalue weighted by Gasteiger charge is 2.07. The van der Waals surface area contributed by atoms with E-state index in [0.29, 0.717) is 0 Å². The van der Waals surface area contributed by atoms with Crippen molar-refractivity contribution in [1.29, 1.82) is 0 Å². The van der Waals surface area contributed by atoms with Gasteiger partial charge in [-0.05, 0) is 30.6 Å². The van der Waals surface area contributed by atoms with Crippen LogP contribution in [-0.2, 0) is 0 Å². The number of rotatable bonds is 4. The van der Waals surface area contributed by atoms with Gasteiger partial charge in [-0.15, -0.1) is 0 Å². The molecule has 10 heavy (non-hydrogen) atoms. The average Bonchev–Trinajstić information content (AvgIpc) is 1.82. The Balaban J connectivity index is 3.30. The zero-order chi connectivity index (χ0) is 8.15. The molecule has 0 aliphatic rings. The van der Waals surface area contributed by atoms with Gasteiger partial charge in [-0.3, -0.25) is 0 Å². The van der Waals surface area contributed by atoms with Gasteiger partial charge in [-0.1, -0.05) is 34.6 Å². The summed E-state index contributed by atoms with van der Waals surface area (Å²) in [6.45, 7) is 11.4. The molecule has 0 fully saturated rings. The minimum absolute atomic E-state index is 0.751. The lowest BCUT2D eigenvalue weighted by atomic mass is 9.91.